The number of hydrogen-bond acceptors (Lipinski definition) is 5. The third kappa shape index (κ3) is 2.87. The molecule has 126 valence electrons. The van der Waals surface area contributed by atoms with Gasteiger partial charge < -0.3 is 4.57 Å². The zero-order valence-electron chi connectivity index (χ0n) is 13.8. The Morgan fingerprint density at radius 1 is 1.32 bits per heavy atom. The van der Waals surface area contributed by atoms with Gasteiger partial charge in [-0.25, -0.2) is 9.50 Å². The van der Waals surface area contributed by atoms with E-state index in [0.717, 1.165) is 22.5 Å². The van der Waals surface area contributed by atoms with Crippen LogP contribution in [0.5, 0.6) is 0 Å². The van der Waals surface area contributed by atoms with E-state index in [1.165, 1.54) is 0 Å². The number of fused-ring (bicyclic) bond motifs is 1. The Morgan fingerprint density at radius 2 is 2.20 bits per heavy atom. The average molecular weight is 336 g/mol. The molecule has 0 unspecified atom stereocenters. The van der Waals surface area contributed by atoms with Crippen LogP contribution in [0.3, 0.4) is 0 Å². The van der Waals surface area contributed by atoms with E-state index >= 15 is 0 Å². The quantitative estimate of drug-likeness (QED) is 0.588. The van der Waals surface area contributed by atoms with Gasteiger partial charge in [0.25, 0.3) is 0 Å². The molecule has 0 saturated carbocycles. The normalized spacial score (nSPS) is 11.1. The summed E-state index contributed by atoms with van der Waals surface area (Å²) >= 11 is 0. The molecule has 9 heteroatoms. The van der Waals surface area contributed by atoms with Crippen molar-refractivity contribution in [2.45, 2.75) is 20.4 Å². The van der Waals surface area contributed by atoms with Crippen molar-refractivity contribution in [2.75, 3.05) is 5.32 Å². The van der Waals surface area contributed by atoms with Crippen molar-refractivity contribution >= 4 is 17.5 Å². The minimum atomic E-state index is -0.212. The largest absolute Gasteiger partial charge is 0.328 e. The van der Waals surface area contributed by atoms with E-state index in [1.807, 2.05) is 32.2 Å². The van der Waals surface area contributed by atoms with Gasteiger partial charge in [0.2, 0.25) is 11.9 Å². The standard InChI is InChI=1S/C16H16N8O/c1-10-15(11(2)21-20-10)12-3-4-13-18-16(22-24(13)7-12)19-14(25)8-23-6-5-17-9-23/h3-7,9H,8H2,1-2H3,(H,20,21)(H,19,22,25). The number of hydrogen-bond donors (Lipinski definition) is 2. The Hall–Kier alpha value is -3.49. The molecular weight excluding hydrogens is 320 g/mol. The molecular formula is C16H16N8O. The first kappa shape index (κ1) is 15.1. The van der Waals surface area contributed by atoms with E-state index in [1.54, 1.807) is 27.8 Å². The molecule has 25 heavy (non-hydrogen) atoms. The van der Waals surface area contributed by atoms with Crippen LogP contribution in [0.1, 0.15) is 11.4 Å². The molecule has 0 aromatic carbocycles. The summed E-state index contributed by atoms with van der Waals surface area (Å²) in [7, 11) is 0. The number of aromatic nitrogens is 7. The van der Waals surface area contributed by atoms with Crippen LogP contribution >= 0.6 is 0 Å². The van der Waals surface area contributed by atoms with Crippen LogP contribution < -0.4 is 5.32 Å². The van der Waals surface area contributed by atoms with Gasteiger partial charge in [0, 0.05) is 35.4 Å². The lowest BCUT2D eigenvalue weighted by Gasteiger charge is -2.01. The van der Waals surface area contributed by atoms with Gasteiger partial charge in [-0.3, -0.25) is 15.2 Å². The molecule has 2 N–H and O–H groups in total. The third-order valence-corrected chi connectivity index (χ3v) is 3.88. The van der Waals surface area contributed by atoms with E-state index in [0.29, 0.717) is 5.65 Å². The molecule has 4 rings (SSSR count). The summed E-state index contributed by atoms with van der Waals surface area (Å²) in [5, 5.41) is 14.2. The van der Waals surface area contributed by atoms with Gasteiger partial charge in [-0.1, -0.05) is 0 Å². The molecule has 0 spiro atoms. The van der Waals surface area contributed by atoms with Crippen LogP contribution in [-0.4, -0.2) is 40.3 Å². The summed E-state index contributed by atoms with van der Waals surface area (Å²) in [4.78, 5) is 20.3. The smallest absolute Gasteiger partial charge is 0.249 e. The number of amides is 1. The lowest BCUT2D eigenvalue weighted by Crippen LogP contribution is -2.18. The zero-order chi connectivity index (χ0) is 17.4. The van der Waals surface area contributed by atoms with Gasteiger partial charge in [-0.2, -0.15) is 10.1 Å². The Balaban J connectivity index is 1.59. The van der Waals surface area contributed by atoms with Gasteiger partial charge in [-0.05, 0) is 26.0 Å². The molecule has 0 aliphatic rings. The molecule has 4 aromatic heterocycles. The maximum atomic E-state index is 12.0. The molecule has 0 aliphatic carbocycles. The third-order valence-electron chi connectivity index (χ3n) is 3.88. The van der Waals surface area contributed by atoms with Crippen molar-refractivity contribution in [1.82, 2.24) is 34.3 Å². The van der Waals surface area contributed by atoms with E-state index < -0.39 is 0 Å². The second-order valence-electron chi connectivity index (χ2n) is 5.75. The molecule has 0 aliphatic heterocycles. The number of rotatable bonds is 4. The maximum Gasteiger partial charge on any atom is 0.249 e. The number of carbonyl (C=O) groups is 1. The summed E-state index contributed by atoms with van der Waals surface area (Å²) in [6, 6.07) is 3.83. The van der Waals surface area contributed by atoms with Crippen molar-refractivity contribution in [2.24, 2.45) is 0 Å². The minimum absolute atomic E-state index is 0.161. The van der Waals surface area contributed by atoms with Crippen molar-refractivity contribution in [1.29, 1.82) is 0 Å². The van der Waals surface area contributed by atoms with Crippen LogP contribution in [0.2, 0.25) is 0 Å². The van der Waals surface area contributed by atoms with Crippen molar-refractivity contribution in [3.05, 3.63) is 48.4 Å². The predicted octanol–water partition coefficient (Wildman–Crippen LogP) is 1.57. The second-order valence-corrected chi connectivity index (χ2v) is 5.75. The van der Waals surface area contributed by atoms with Crippen molar-refractivity contribution < 1.29 is 4.79 Å². The van der Waals surface area contributed by atoms with E-state index in [2.05, 4.69) is 30.6 Å². The van der Waals surface area contributed by atoms with Gasteiger partial charge in [0.1, 0.15) is 6.54 Å². The summed E-state index contributed by atoms with van der Waals surface area (Å²) in [6.07, 6.45) is 6.80. The summed E-state index contributed by atoms with van der Waals surface area (Å²) in [6.45, 7) is 4.09. The second kappa shape index (κ2) is 5.86. The number of pyridine rings is 1. The predicted molar refractivity (Wildman–Crippen MR) is 90.9 cm³/mol. The number of imidazole rings is 1. The zero-order valence-corrected chi connectivity index (χ0v) is 13.8. The molecule has 0 saturated heterocycles. The number of anilines is 1. The van der Waals surface area contributed by atoms with Crippen LogP contribution in [0.15, 0.2) is 37.1 Å². The van der Waals surface area contributed by atoms with Gasteiger partial charge in [0.15, 0.2) is 5.65 Å². The molecule has 0 radical (unpaired) electrons. The highest BCUT2D eigenvalue weighted by Crippen LogP contribution is 2.25. The van der Waals surface area contributed by atoms with Crippen LogP contribution in [0.25, 0.3) is 16.8 Å². The molecule has 1 amide bonds. The first-order valence-corrected chi connectivity index (χ1v) is 7.74. The number of nitrogens with one attached hydrogen (secondary N) is 2. The SMILES string of the molecule is Cc1n[nH]c(C)c1-c1ccc2nc(NC(=O)Cn3ccnc3)nn2c1. The van der Waals surface area contributed by atoms with E-state index in [4.69, 9.17) is 0 Å². The maximum absolute atomic E-state index is 12.0. The first-order valence-electron chi connectivity index (χ1n) is 7.74. The highest BCUT2D eigenvalue weighted by Gasteiger charge is 2.12. The molecule has 4 aromatic rings. The van der Waals surface area contributed by atoms with E-state index in [9.17, 15) is 4.79 Å². The molecule has 0 fully saturated rings. The summed E-state index contributed by atoms with van der Waals surface area (Å²) in [5.74, 6) is 0.0542. The highest BCUT2D eigenvalue weighted by molar-refractivity contribution is 5.89. The first-order chi connectivity index (χ1) is 12.1. The highest BCUT2D eigenvalue weighted by atomic mass is 16.2. The van der Waals surface area contributed by atoms with Crippen LogP contribution in [0.4, 0.5) is 5.95 Å². The fourth-order valence-corrected chi connectivity index (χ4v) is 2.77. The number of aromatic amines is 1. The molecule has 4 heterocycles. The average Bonchev–Trinajstić information content (AvgIpc) is 3.27. The number of H-pyrrole nitrogens is 1. The minimum Gasteiger partial charge on any atom is -0.328 e. The lowest BCUT2D eigenvalue weighted by molar-refractivity contribution is -0.116. The van der Waals surface area contributed by atoms with Crippen LogP contribution in [0, 0.1) is 13.8 Å². The Bertz CT molecular complexity index is 1020. The molecule has 0 bridgehead atoms. The van der Waals surface area contributed by atoms with E-state index in [-0.39, 0.29) is 18.4 Å². The fraction of sp³-hybridized carbons (Fsp3) is 0.188. The van der Waals surface area contributed by atoms with Crippen molar-refractivity contribution in [3.63, 3.8) is 0 Å². The van der Waals surface area contributed by atoms with Crippen molar-refractivity contribution in [3.8, 4) is 11.1 Å². The number of aryl methyl sites for hydroxylation is 2. The summed E-state index contributed by atoms with van der Waals surface area (Å²) < 4.78 is 3.32. The monoisotopic (exact) mass is 336 g/mol. The molecule has 9 nitrogen and oxygen atoms in total. The van der Waals surface area contributed by atoms with Gasteiger partial charge in [0.05, 0.1) is 12.0 Å². The van der Waals surface area contributed by atoms with Crippen LogP contribution in [-0.2, 0) is 11.3 Å². The summed E-state index contributed by atoms with van der Waals surface area (Å²) in [5.41, 5.74) is 4.60. The fourth-order valence-electron chi connectivity index (χ4n) is 2.77. The Kier molecular flexibility index (Phi) is 3.53. The topological polar surface area (TPSA) is 106 Å². The van der Waals surface area contributed by atoms with Gasteiger partial charge in [-0.15, -0.1) is 5.10 Å². The Morgan fingerprint density at radius 3 is 2.92 bits per heavy atom. The molecule has 0 atom stereocenters. The number of carbonyl (C=O) groups excluding carboxylic acids is 1. The lowest BCUT2D eigenvalue weighted by atomic mass is 10.1. The van der Waals surface area contributed by atoms with Gasteiger partial charge >= 0.3 is 0 Å². The Labute approximate surface area is 142 Å². The number of nitrogens with zero attached hydrogens (tertiary/aromatic N) is 6.